The first kappa shape index (κ1) is 15.1. The highest BCUT2D eigenvalue weighted by atomic mass is 15.3. The van der Waals surface area contributed by atoms with Crippen LogP contribution in [0.2, 0.25) is 0 Å². The molecule has 112 valence electrons. The Hall–Kier alpha value is -1.26. The van der Waals surface area contributed by atoms with E-state index in [0.717, 1.165) is 26.2 Å². The highest BCUT2D eigenvalue weighted by Crippen LogP contribution is 2.29. The van der Waals surface area contributed by atoms with Crippen LogP contribution in [0.3, 0.4) is 0 Å². The first-order chi connectivity index (χ1) is 9.58. The monoisotopic (exact) mass is 276 g/mol. The molecule has 0 radical (unpaired) electrons. The molecule has 0 bridgehead atoms. The molecule has 20 heavy (non-hydrogen) atoms. The lowest BCUT2D eigenvalue weighted by atomic mass is 9.92. The molecule has 4 heteroatoms. The Balaban J connectivity index is 1.93. The maximum absolute atomic E-state index is 4.18. The van der Waals surface area contributed by atoms with Crippen LogP contribution in [0.5, 0.6) is 0 Å². The van der Waals surface area contributed by atoms with Crippen LogP contribution in [0.25, 0.3) is 0 Å². The summed E-state index contributed by atoms with van der Waals surface area (Å²) in [6.07, 6.45) is 4.29. The molecule has 2 fully saturated rings. The van der Waals surface area contributed by atoms with Gasteiger partial charge in [0.2, 0.25) is 0 Å². The molecule has 2 N–H and O–H groups in total. The zero-order valence-corrected chi connectivity index (χ0v) is 13.0. The van der Waals surface area contributed by atoms with E-state index in [2.05, 4.69) is 53.5 Å². The molecule has 2 aliphatic heterocycles. The van der Waals surface area contributed by atoms with Crippen LogP contribution in [0.4, 0.5) is 0 Å². The van der Waals surface area contributed by atoms with Gasteiger partial charge in [0.1, 0.15) is 0 Å². The van der Waals surface area contributed by atoms with Crippen molar-refractivity contribution in [2.75, 3.05) is 33.2 Å². The number of hydrogen-bond donors (Lipinski definition) is 2. The Morgan fingerprint density at radius 2 is 2.30 bits per heavy atom. The number of rotatable bonds is 5. The van der Waals surface area contributed by atoms with E-state index in [1.807, 2.05) is 13.2 Å². The highest BCUT2D eigenvalue weighted by Gasteiger charge is 2.37. The van der Waals surface area contributed by atoms with Crippen molar-refractivity contribution in [3.8, 4) is 0 Å². The second-order valence-corrected chi connectivity index (χ2v) is 5.84. The molecule has 0 amide bonds. The fourth-order valence-corrected chi connectivity index (χ4v) is 3.22. The third kappa shape index (κ3) is 2.91. The minimum atomic E-state index is 0.441. The molecule has 0 aromatic rings. The summed E-state index contributed by atoms with van der Waals surface area (Å²) in [5.74, 6) is 0.504. The second kappa shape index (κ2) is 6.46. The van der Waals surface area contributed by atoms with Crippen LogP contribution in [0, 0.1) is 5.92 Å². The van der Waals surface area contributed by atoms with Crippen molar-refractivity contribution >= 4 is 0 Å². The summed E-state index contributed by atoms with van der Waals surface area (Å²) in [5, 5.41) is 6.73. The Labute approximate surface area is 123 Å². The van der Waals surface area contributed by atoms with E-state index in [9.17, 15) is 0 Å². The molecule has 2 aliphatic rings. The fraction of sp³-hybridized carbons (Fsp3) is 0.625. The van der Waals surface area contributed by atoms with Crippen molar-refractivity contribution in [3.63, 3.8) is 0 Å². The van der Waals surface area contributed by atoms with Gasteiger partial charge >= 0.3 is 0 Å². The molecule has 2 saturated heterocycles. The smallest absolute Gasteiger partial charge is 0.0667 e. The first-order valence-electron chi connectivity index (χ1n) is 7.51. The summed E-state index contributed by atoms with van der Waals surface area (Å²) in [7, 11) is 2.00. The summed E-state index contributed by atoms with van der Waals surface area (Å²) in [6.45, 7) is 16.6. The summed E-state index contributed by atoms with van der Waals surface area (Å²) < 4.78 is 0. The standard InChI is InChI=1S/C16H28N4/c1-6-19-8-7-18-10-15(19)9-12(2)11-20-13(3)16(17-5)14(20)4/h6,9,12,14,16-18H,1,3,7-8,10-11H2,2,4-5H3/b15-9+. The largest absolute Gasteiger partial charge is 0.369 e. The van der Waals surface area contributed by atoms with Crippen LogP contribution in [-0.2, 0) is 0 Å². The molecule has 0 aromatic carbocycles. The number of likely N-dealkylation sites (tertiary alicyclic amines) is 1. The lowest BCUT2D eigenvalue weighted by Gasteiger charge is -2.50. The lowest BCUT2D eigenvalue weighted by Crippen LogP contribution is -2.61. The lowest BCUT2D eigenvalue weighted by molar-refractivity contribution is 0.116. The van der Waals surface area contributed by atoms with Crippen molar-refractivity contribution in [1.82, 2.24) is 20.4 Å². The van der Waals surface area contributed by atoms with E-state index in [-0.39, 0.29) is 0 Å². The normalized spacial score (nSPS) is 30.4. The van der Waals surface area contributed by atoms with Crippen molar-refractivity contribution in [2.45, 2.75) is 25.9 Å². The molecule has 4 nitrogen and oxygen atoms in total. The number of likely N-dealkylation sites (N-methyl/N-ethyl adjacent to an activating group) is 1. The van der Waals surface area contributed by atoms with E-state index in [0.29, 0.717) is 18.0 Å². The van der Waals surface area contributed by atoms with Crippen LogP contribution in [-0.4, -0.2) is 55.1 Å². The number of nitrogens with zero attached hydrogens (tertiary/aromatic N) is 2. The molecule has 0 spiro atoms. The number of hydrogen-bond acceptors (Lipinski definition) is 4. The predicted octanol–water partition coefficient (Wildman–Crippen LogP) is 1.36. The molecule has 2 heterocycles. The van der Waals surface area contributed by atoms with Gasteiger partial charge in [-0.1, -0.05) is 26.2 Å². The summed E-state index contributed by atoms with van der Waals surface area (Å²) >= 11 is 0. The molecule has 0 aliphatic carbocycles. The molecular weight excluding hydrogens is 248 g/mol. The SMILES string of the molecule is C=CN1CCNC/C1=C\C(C)CN1C(=C)C(NC)C1C. The zero-order chi connectivity index (χ0) is 14.7. The average Bonchev–Trinajstić information content (AvgIpc) is 2.46. The molecule has 2 rings (SSSR count). The van der Waals surface area contributed by atoms with E-state index in [1.165, 1.54) is 11.4 Å². The van der Waals surface area contributed by atoms with Crippen LogP contribution in [0.1, 0.15) is 13.8 Å². The van der Waals surface area contributed by atoms with Gasteiger partial charge in [-0.15, -0.1) is 0 Å². The topological polar surface area (TPSA) is 30.5 Å². The molecule has 0 saturated carbocycles. The van der Waals surface area contributed by atoms with Gasteiger partial charge in [0.15, 0.2) is 0 Å². The van der Waals surface area contributed by atoms with Crippen molar-refractivity contribution in [1.29, 1.82) is 0 Å². The van der Waals surface area contributed by atoms with Crippen molar-refractivity contribution < 1.29 is 0 Å². The Bertz CT molecular complexity index is 401. The van der Waals surface area contributed by atoms with E-state index < -0.39 is 0 Å². The quantitative estimate of drug-likeness (QED) is 0.794. The van der Waals surface area contributed by atoms with Crippen LogP contribution >= 0.6 is 0 Å². The Kier molecular flexibility index (Phi) is 4.89. The van der Waals surface area contributed by atoms with Gasteiger partial charge in [0, 0.05) is 43.6 Å². The maximum atomic E-state index is 4.18. The second-order valence-electron chi connectivity index (χ2n) is 5.84. The Morgan fingerprint density at radius 3 is 2.90 bits per heavy atom. The van der Waals surface area contributed by atoms with Gasteiger partial charge in [-0.25, -0.2) is 0 Å². The maximum Gasteiger partial charge on any atom is 0.0667 e. The third-order valence-corrected chi connectivity index (χ3v) is 4.40. The number of piperazine rings is 1. The number of nitrogens with one attached hydrogen (secondary N) is 2. The van der Waals surface area contributed by atoms with Crippen molar-refractivity contribution in [3.05, 3.63) is 36.8 Å². The first-order valence-corrected chi connectivity index (χ1v) is 7.51. The third-order valence-electron chi connectivity index (χ3n) is 4.40. The highest BCUT2D eigenvalue weighted by molar-refractivity contribution is 5.21. The van der Waals surface area contributed by atoms with E-state index in [4.69, 9.17) is 0 Å². The van der Waals surface area contributed by atoms with Gasteiger partial charge in [-0.05, 0) is 26.1 Å². The summed E-state index contributed by atoms with van der Waals surface area (Å²) in [4.78, 5) is 4.65. The van der Waals surface area contributed by atoms with Gasteiger partial charge in [-0.3, -0.25) is 0 Å². The van der Waals surface area contributed by atoms with Gasteiger partial charge in [0.25, 0.3) is 0 Å². The minimum absolute atomic E-state index is 0.441. The van der Waals surface area contributed by atoms with Crippen LogP contribution in [0.15, 0.2) is 36.8 Å². The van der Waals surface area contributed by atoms with E-state index in [1.54, 1.807) is 0 Å². The predicted molar refractivity (Wildman–Crippen MR) is 85.2 cm³/mol. The van der Waals surface area contributed by atoms with Crippen LogP contribution < -0.4 is 10.6 Å². The average molecular weight is 276 g/mol. The zero-order valence-electron chi connectivity index (χ0n) is 13.0. The molecule has 3 atom stereocenters. The molecule has 3 unspecified atom stereocenters. The van der Waals surface area contributed by atoms with E-state index >= 15 is 0 Å². The van der Waals surface area contributed by atoms with Crippen molar-refractivity contribution in [2.24, 2.45) is 5.92 Å². The van der Waals surface area contributed by atoms with Gasteiger partial charge < -0.3 is 20.4 Å². The molecule has 0 aromatic heterocycles. The summed E-state index contributed by atoms with van der Waals surface area (Å²) in [5.41, 5.74) is 2.55. The van der Waals surface area contributed by atoms with Gasteiger partial charge in [-0.2, -0.15) is 0 Å². The minimum Gasteiger partial charge on any atom is -0.369 e. The Morgan fingerprint density at radius 1 is 1.55 bits per heavy atom. The van der Waals surface area contributed by atoms with Gasteiger partial charge in [0.05, 0.1) is 6.04 Å². The molecular formula is C16H28N4. The summed E-state index contributed by atoms with van der Waals surface area (Å²) in [6, 6.07) is 0.976. The fourth-order valence-electron chi connectivity index (χ4n) is 3.22.